The van der Waals surface area contributed by atoms with Gasteiger partial charge >= 0.3 is 12.1 Å². The van der Waals surface area contributed by atoms with Crippen LogP contribution in [0.2, 0.25) is 0 Å². The lowest BCUT2D eigenvalue weighted by Crippen LogP contribution is -2.31. The number of carbonyl (C=O) groups is 1. The van der Waals surface area contributed by atoms with Crippen molar-refractivity contribution in [1.29, 1.82) is 5.26 Å². The van der Waals surface area contributed by atoms with E-state index in [0.29, 0.717) is 0 Å². The van der Waals surface area contributed by atoms with Crippen LogP contribution in [0.25, 0.3) is 0 Å². The molecule has 0 aliphatic rings. The highest BCUT2D eigenvalue weighted by molar-refractivity contribution is 5.95. The molecule has 0 fully saturated rings. The van der Waals surface area contributed by atoms with Gasteiger partial charge in [0.1, 0.15) is 17.5 Å². The molecule has 0 aliphatic carbocycles. The van der Waals surface area contributed by atoms with Gasteiger partial charge in [-0.3, -0.25) is 9.48 Å². The average Bonchev–Trinajstić information content (AvgIpc) is 2.46. The Hall–Kier alpha value is -2.04. The number of anilines is 1. The molecule has 1 N–H and O–H groups in total. The number of amides is 1. The molecule has 0 spiro atoms. The fourth-order valence-corrected chi connectivity index (χ4v) is 0.846. The van der Waals surface area contributed by atoms with Crippen molar-refractivity contribution in [2.24, 2.45) is 7.05 Å². The van der Waals surface area contributed by atoms with E-state index in [1.165, 1.54) is 7.05 Å². The van der Waals surface area contributed by atoms with Gasteiger partial charge in [0.05, 0.1) is 6.20 Å². The number of aromatic nitrogens is 2. The minimum Gasteiger partial charge on any atom is -0.302 e. The number of halogens is 3. The molecule has 80 valence electrons. The molecule has 0 aliphatic heterocycles. The highest BCUT2D eigenvalue weighted by Gasteiger charge is 2.39. The Kier molecular flexibility index (Phi) is 2.65. The van der Waals surface area contributed by atoms with E-state index >= 15 is 0 Å². The number of nitrogens with one attached hydrogen (secondary N) is 1. The number of carbonyl (C=O) groups excluding carboxylic acids is 1. The van der Waals surface area contributed by atoms with Crippen LogP contribution in [-0.4, -0.2) is 21.9 Å². The molecule has 1 aromatic rings. The summed E-state index contributed by atoms with van der Waals surface area (Å²) in [5.74, 6) is -2.41. The number of hydrogen-bond donors (Lipinski definition) is 1. The SMILES string of the molecule is Cn1ncc(C#N)c1NC(=O)C(F)(F)F. The van der Waals surface area contributed by atoms with Crippen LogP contribution in [0.3, 0.4) is 0 Å². The van der Waals surface area contributed by atoms with Crippen LogP contribution in [0.1, 0.15) is 5.56 Å². The minimum absolute atomic E-state index is 0.130. The van der Waals surface area contributed by atoms with Crippen molar-refractivity contribution < 1.29 is 18.0 Å². The van der Waals surface area contributed by atoms with Gasteiger partial charge in [0.15, 0.2) is 0 Å². The summed E-state index contributed by atoms with van der Waals surface area (Å²) >= 11 is 0. The minimum atomic E-state index is -4.99. The molecule has 8 heteroatoms. The quantitative estimate of drug-likeness (QED) is 0.757. The van der Waals surface area contributed by atoms with Crippen LogP contribution in [0, 0.1) is 11.3 Å². The lowest BCUT2D eigenvalue weighted by molar-refractivity contribution is -0.167. The third kappa shape index (κ3) is 2.25. The first-order valence-electron chi connectivity index (χ1n) is 3.66. The lowest BCUT2D eigenvalue weighted by atomic mass is 10.3. The summed E-state index contributed by atoms with van der Waals surface area (Å²) in [6, 6.07) is 1.61. The van der Waals surface area contributed by atoms with E-state index < -0.39 is 12.1 Å². The number of alkyl halides is 3. The van der Waals surface area contributed by atoms with Gasteiger partial charge in [-0.2, -0.15) is 23.5 Å². The van der Waals surface area contributed by atoms with Crippen LogP contribution < -0.4 is 5.32 Å². The van der Waals surface area contributed by atoms with Crippen molar-refractivity contribution >= 4 is 11.7 Å². The van der Waals surface area contributed by atoms with Gasteiger partial charge in [0, 0.05) is 7.05 Å². The topological polar surface area (TPSA) is 70.7 Å². The molecule has 0 saturated heterocycles. The number of nitriles is 1. The van der Waals surface area contributed by atoms with Gasteiger partial charge < -0.3 is 5.32 Å². The van der Waals surface area contributed by atoms with Crippen molar-refractivity contribution in [3.8, 4) is 6.07 Å². The van der Waals surface area contributed by atoms with E-state index in [1.54, 1.807) is 11.4 Å². The van der Waals surface area contributed by atoms with E-state index in [0.717, 1.165) is 10.9 Å². The molecule has 1 aromatic heterocycles. The Labute approximate surface area is 82.1 Å². The molecular weight excluding hydrogens is 213 g/mol. The maximum Gasteiger partial charge on any atom is 0.471 e. The molecule has 1 heterocycles. The predicted molar refractivity (Wildman–Crippen MR) is 42.6 cm³/mol. The summed E-state index contributed by atoms with van der Waals surface area (Å²) in [6.07, 6.45) is -3.93. The van der Waals surface area contributed by atoms with Gasteiger partial charge in [0.25, 0.3) is 0 Å². The van der Waals surface area contributed by atoms with Crippen LogP contribution in [0.5, 0.6) is 0 Å². The van der Waals surface area contributed by atoms with Crippen LogP contribution >= 0.6 is 0 Å². The second kappa shape index (κ2) is 3.61. The summed E-state index contributed by atoms with van der Waals surface area (Å²) in [5, 5.41) is 13.6. The van der Waals surface area contributed by atoms with Gasteiger partial charge in [0.2, 0.25) is 0 Å². The van der Waals surface area contributed by atoms with Gasteiger partial charge in [-0.05, 0) is 0 Å². The fourth-order valence-electron chi connectivity index (χ4n) is 0.846. The van der Waals surface area contributed by atoms with Crippen molar-refractivity contribution in [2.45, 2.75) is 6.18 Å². The zero-order valence-corrected chi connectivity index (χ0v) is 7.46. The largest absolute Gasteiger partial charge is 0.471 e. The maximum atomic E-state index is 11.9. The standard InChI is InChI=1S/C7H5F3N4O/c1-14-5(4(2-11)3-12-14)13-6(15)7(8,9)10/h3H,1H3,(H,13,15). The van der Waals surface area contributed by atoms with Gasteiger partial charge in [-0.15, -0.1) is 0 Å². The fraction of sp³-hybridized carbons (Fsp3) is 0.286. The molecule has 0 radical (unpaired) electrons. The third-order valence-corrected chi connectivity index (χ3v) is 1.55. The van der Waals surface area contributed by atoms with Crippen molar-refractivity contribution in [1.82, 2.24) is 9.78 Å². The zero-order chi connectivity index (χ0) is 11.6. The molecule has 0 atom stereocenters. The van der Waals surface area contributed by atoms with E-state index in [4.69, 9.17) is 5.26 Å². The lowest BCUT2D eigenvalue weighted by Gasteiger charge is -2.07. The highest BCUT2D eigenvalue weighted by Crippen LogP contribution is 2.19. The summed E-state index contributed by atoms with van der Waals surface area (Å²) in [6.45, 7) is 0. The molecule has 0 aromatic carbocycles. The molecule has 1 amide bonds. The number of rotatable bonds is 1. The first kappa shape index (κ1) is 11.0. The summed E-state index contributed by atoms with van der Waals surface area (Å²) in [7, 11) is 1.31. The Morgan fingerprint density at radius 2 is 2.27 bits per heavy atom. The highest BCUT2D eigenvalue weighted by atomic mass is 19.4. The Morgan fingerprint density at radius 3 is 2.73 bits per heavy atom. The number of aryl methyl sites for hydroxylation is 1. The summed E-state index contributed by atoms with van der Waals surface area (Å²) in [5.41, 5.74) is -0.130. The molecular formula is C7H5F3N4O. The molecule has 1 rings (SSSR count). The molecule has 5 nitrogen and oxygen atoms in total. The van der Waals surface area contributed by atoms with E-state index in [-0.39, 0.29) is 11.4 Å². The normalized spacial score (nSPS) is 10.9. The monoisotopic (exact) mass is 218 g/mol. The second-order valence-corrected chi connectivity index (χ2v) is 2.59. The Bertz CT molecular complexity index is 428. The third-order valence-electron chi connectivity index (χ3n) is 1.55. The number of hydrogen-bond acceptors (Lipinski definition) is 3. The van der Waals surface area contributed by atoms with Crippen molar-refractivity contribution in [2.75, 3.05) is 5.32 Å². The molecule has 15 heavy (non-hydrogen) atoms. The molecule has 0 unspecified atom stereocenters. The second-order valence-electron chi connectivity index (χ2n) is 2.59. The van der Waals surface area contributed by atoms with Crippen LogP contribution in [-0.2, 0) is 11.8 Å². The van der Waals surface area contributed by atoms with Crippen LogP contribution in [0.4, 0.5) is 19.0 Å². The zero-order valence-electron chi connectivity index (χ0n) is 7.46. The van der Waals surface area contributed by atoms with E-state index in [9.17, 15) is 18.0 Å². The first-order chi connectivity index (χ1) is 6.86. The van der Waals surface area contributed by atoms with Gasteiger partial charge in [-0.25, -0.2) is 0 Å². The maximum absolute atomic E-state index is 11.9. The first-order valence-corrected chi connectivity index (χ1v) is 3.66. The van der Waals surface area contributed by atoms with Crippen molar-refractivity contribution in [3.05, 3.63) is 11.8 Å². The molecule has 0 saturated carbocycles. The average molecular weight is 218 g/mol. The van der Waals surface area contributed by atoms with Crippen LogP contribution in [0.15, 0.2) is 6.20 Å². The Morgan fingerprint density at radius 1 is 1.67 bits per heavy atom. The predicted octanol–water partition coefficient (Wildman–Crippen LogP) is 0.793. The smallest absolute Gasteiger partial charge is 0.302 e. The summed E-state index contributed by atoms with van der Waals surface area (Å²) < 4.78 is 36.6. The molecule has 0 bridgehead atoms. The van der Waals surface area contributed by atoms with Crippen molar-refractivity contribution in [3.63, 3.8) is 0 Å². The Balaban J connectivity index is 2.96. The van der Waals surface area contributed by atoms with Gasteiger partial charge in [-0.1, -0.05) is 0 Å². The van der Waals surface area contributed by atoms with E-state index in [2.05, 4.69) is 5.10 Å². The number of nitrogens with zero attached hydrogens (tertiary/aromatic N) is 3. The summed E-state index contributed by atoms with van der Waals surface area (Å²) in [4.78, 5) is 10.6. The van der Waals surface area contributed by atoms with E-state index in [1.807, 2.05) is 0 Å².